The molecule has 0 aliphatic rings. The van der Waals surface area contributed by atoms with E-state index in [1.807, 2.05) is 13.8 Å². The van der Waals surface area contributed by atoms with E-state index in [0.29, 0.717) is 5.92 Å². The molecule has 3 heteroatoms. The van der Waals surface area contributed by atoms with Crippen LogP contribution in [0.4, 0.5) is 8.78 Å². The molecule has 76 valence electrons. The van der Waals surface area contributed by atoms with Crippen molar-refractivity contribution < 1.29 is 13.6 Å². The van der Waals surface area contributed by atoms with Crippen LogP contribution in [0.5, 0.6) is 0 Å². The maximum Gasteiger partial charge on any atom is 0.327 e. The molecule has 1 aromatic carbocycles. The van der Waals surface area contributed by atoms with Crippen LogP contribution in [-0.2, 0) is 10.7 Å². The van der Waals surface area contributed by atoms with Crippen molar-refractivity contribution in [3.8, 4) is 0 Å². The summed E-state index contributed by atoms with van der Waals surface area (Å²) in [5, 5.41) is 0. The van der Waals surface area contributed by atoms with Crippen molar-refractivity contribution >= 4 is 6.29 Å². The Balaban J connectivity index is 2.99. The molecule has 1 nitrogen and oxygen atoms in total. The van der Waals surface area contributed by atoms with Crippen LogP contribution >= 0.6 is 0 Å². The summed E-state index contributed by atoms with van der Waals surface area (Å²) in [6.45, 7) is 3.96. The van der Waals surface area contributed by atoms with Crippen LogP contribution in [0.1, 0.15) is 30.9 Å². The molecule has 0 aliphatic heterocycles. The summed E-state index contributed by atoms with van der Waals surface area (Å²) in [7, 11) is 0. The third-order valence-corrected chi connectivity index (χ3v) is 2.11. The molecule has 0 N–H and O–H groups in total. The average molecular weight is 198 g/mol. The molecule has 0 saturated heterocycles. The Morgan fingerprint density at radius 2 is 1.71 bits per heavy atom. The van der Waals surface area contributed by atoms with Crippen molar-refractivity contribution in [1.29, 1.82) is 0 Å². The first-order chi connectivity index (χ1) is 6.47. The maximum absolute atomic E-state index is 12.8. The maximum atomic E-state index is 12.8. The van der Waals surface area contributed by atoms with Gasteiger partial charge in [0.15, 0.2) is 6.29 Å². The lowest BCUT2D eigenvalue weighted by molar-refractivity contribution is -0.130. The third kappa shape index (κ3) is 2.16. The van der Waals surface area contributed by atoms with Gasteiger partial charge in [0.05, 0.1) is 0 Å². The highest BCUT2D eigenvalue weighted by molar-refractivity contribution is 5.63. The molecule has 14 heavy (non-hydrogen) atoms. The number of benzene rings is 1. The first-order valence-electron chi connectivity index (χ1n) is 4.42. The van der Waals surface area contributed by atoms with Crippen molar-refractivity contribution in [3.63, 3.8) is 0 Å². The summed E-state index contributed by atoms with van der Waals surface area (Å²) in [5.41, 5.74) is 0.729. The van der Waals surface area contributed by atoms with E-state index >= 15 is 0 Å². The lowest BCUT2D eigenvalue weighted by atomic mass is 10.00. The van der Waals surface area contributed by atoms with Crippen molar-refractivity contribution in [2.75, 3.05) is 0 Å². The van der Waals surface area contributed by atoms with E-state index in [4.69, 9.17) is 0 Å². The summed E-state index contributed by atoms with van der Waals surface area (Å²) < 4.78 is 25.7. The minimum atomic E-state index is -3.37. The van der Waals surface area contributed by atoms with E-state index in [2.05, 4.69) is 0 Å². The largest absolute Gasteiger partial charge is 0.327 e. The predicted molar refractivity (Wildman–Crippen MR) is 50.5 cm³/mol. The van der Waals surface area contributed by atoms with Gasteiger partial charge in [-0.3, -0.25) is 4.79 Å². The number of hydrogen-bond acceptors (Lipinski definition) is 1. The first-order valence-corrected chi connectivity index (χ1v) is 4.42. The zero-order valence-electron chi connectivity index (χ0n) is 8.13. The fourth-order valence-corrected chi connectivity index (χ4v) is 1.16. The zero-order chi connectivity index (χ0) is 10.8. The Labute approximate surface area is 81.7 Å². The summed E-state index contributed by atoms with van der Waals surface area (Å²) in [6, 6.07) is 5.84. The highest BCUT2D eigenvalue weighted by Crippen LogP contribution is 2.26. The molecule has 0 aromatic heterocycles. The van der Waals surface area contributed by atoms with Gasteiger partial charge in [0.2, 0.25) is 0 Å². The Morgan fingerprint density at radius 3 is 2.07 bits per heavy atom. The normalized spacial score (nSPS) is 11.8. The summed E-state index contributed by atoms with van der Waals surface area (Å²) >= 11 is 0. The second-order valence-corrected chi connectivity index (χ2v) is 3.52. The van der Waals surface area contributed by atoms with E-state index in [0.717, 1.165) is 5.56 Å². The molecule has 1 rings (SSSR count). The summed E-state index contributed by atoms with van der Waals surface area (Å²) in [6.07, 6.45) is -0.336. The molecular weight excluding hydrogens is 186 g/mol. The van der Waals surface area contributed by atoms with Crippen LogP contribution in [0.3, 0.4) is 0 Å². The van der Waals surface area contributed by atoms with Gasteiger partial charge in [0, 0.05) is 5.56 Å². The highest BCUT2D eigenvalue weighted by Gasteiger charge is 2.30. The van der Waals surface area contributed by atoms with E-state index in [1.54, 1.807) is 12.1 Å². The quantitative estimate of drug-likeness (QED) is 0.682. The number of aldehydes is 1. The van der Waals surface area contributed by atoms with Gasteiger partial charge >= 0.3 is 5.92 Å². The minimum absolute atomic E-state index is 0.253. The molecule has 0 radical (unpaired) electrons. The summed E-state index contributed by atoms with van der Waals surface area (Å²) in [4.78, 5) is 10.1. The number of carbonyl (C=O) groups is 1. The van der Waals surface area contributed by atoms with Crippen LogP contribution in [0.15, 0.2) is 24.3 Å². The van der Waals surface area contributed by atoms with Crippen LogP contribution < -0.4 is 0 Å². The molecule has 0 amide bonds. The van der Waals surface area contributed by atoms with Gasteiger partial charge in [0.25, 0.3) is 0 Å². The van der Waals surface area contributed by atoms with Crippen molar-refractivity contribution in [1.82, 2.24) is 0 Å². The molecule has 0 spiro atoms. The van der Waals surface area contributed by atoms with Gasteiger partial charge in [-0.05, 0) is 11.5 Å². The number of hydrogen-bond donors (Lipinski definition) is 0. The predicted octanol–water partition coefficient (Wildman–Crippen LogP) is 3.10. The molecule has 0 saturated carbocycles. The summed E-state index contributed by atoms with van der Waals surface area (Å²) in [5.74, 6) is -3.07. The minimum Gasteiger partial charge on any atom is -0.296 e. The fraction of sp³-hybridized carbons (Fsp3) is 0.364. The molecule has 0 unspecified atom stereocenters. The monoisotopic (exact) mass is 198 g/mol. The van der Waals surface area contributed by atoms with Crippen molar-refractivity contribution in [2.24, 2.45) is 0 Å². The zero-order valence-corrected chi connectivity index (χ0v) is 8.13. The number of halogens is 2. The molecule has 0 heterocycles. The van der Waals surface area contributed by atoms with Gasteiger partial charge in [-0.25, -0.2) is 0 Å². The smallest absolute Gasteiger partial charge is 0.296 e. The van der Waals surface area contributed by atoms with Gasteiger partial charge in [0.1, 0.15) is 0 Å². The second-order valence-electron chi connectivity index (χ2n) is 3.52. The van der Waals surface area contributed by atoms with Crippen LogP contribution in [0.2, 0.25) is 0 Å². The van der Waals surface area contributed by atoms with Gasteiger partial charge in [-0.1, -0.05) is 38.1 Å². The third-order valence-electron chi connectivity index (χ3n) is 2.11. The molecule has 1 aromatic rings. The number of alkyl halides is 2. The van der Waals surface area contributed by atoms with Gasteiger partial charge in [-0.2, -0.15) is 8.78 Å². The van der Waals surface area contributed by atoms with Crippen molar-refractivity contribution in [2.45, 2.75) is 25.7 Å². The molecule has 0 fully saturated rings. The highest BCUT2D eigenvalue weighted by atomic mass is 19.3. The topological polar surface area (TPSA) is 17.1 Å². The first kappa shape index (κ1) is 10.8. The lowest BCUT2D eigenvalue weighted by Gasteiger charge is -2.11. The Kier molecular flexibility index (Phi) is 2.99. The van der Waals surface area contributed by atoms with Crippen LogP contribution in [0.25, 0.3) is 0 Å². The molecule has 0 aliphatic carbocycles. The number of carbonyl (C=O) groups excluding carboxylic acids is 1. The lowest BCUT2D eigenvalue weighted by Crippen LogP contribution is -2.14. The Morgan fingerprint density at radius 1 is 1.21 bits per heavy atom. The Hall–Kier alpha value is -1.25. The number of rotatable bonds is 3. The standard InChI is InChI=1S/C11H12F2O/c1-8(2)9-3-5-10(6-4-9)11(12,13)7-14/h3-8H,1-2H3. The molecular formula is C11H12F2O. The van der Waals surface area contributed by atoms with Gasteiger partial charge < -0.3 is 0 Å². The fourth-order valence-electron chi connectivity index (χ4n) is 1.16. The van der Waals surface area contributed by atoms with Crippen LogP contribution in [-0.4, -0.2) is 6.29 Å². The second kappa shape index (κ2) is 3.86. The van der Waals surface area contributed by atoms with E-state index < -0.39 is 5.92 Å². The van der Waals surface area contributed by atoms with E-state index in [1.165, 1.54) is 12.1 Å². The SMILES string of the molecule is CC(C)c1ccc(C(F)(F)C=O)cc1. The molecule has 0 bridgehead atoms. The van der Waals surface area contributed by atoms with E-state index in [-0.39, 0.29) is 11.8 Å². The van der Waals surface area contributed by atoms with Gasteiger partial charge in [-0.15, -0.1) is 0 Å². The average Bonchev–Trinajstić information content (AvgIpc) is 2.18. The van der Waals surface area contributed by atoms with E-state index in [9.17, 15) is 13.6 Å². The van der Waals surface area contributed by atoms with Crippen molar-refractivity contribution in [3.05, 3.63) is 35.4 Å². The molecule has 0 atom stereocenters. The van der Waals surface area contributed by atoms with Crippen LogP contribution in [0, 0.1) is 0 Å². The Bertz CT molecular complexity index is 315.